The average molecular weight is 286 g/mol. The van der Waals surface area contributed by atoms with Crippen molar-refractivity contribution in [1.29, 1.82) is 0 Å². The summed E-state index contributed by atoms with van der Waals surface area (Å²) in [5.74, 6) is -0.406. The van der Waals surface area contributed by atoms with Gasteiger partial charge in [-0.05, 0) is 49.2 Å². The Morgan fingerprint density at radius 2 is 1.76 bits per heavy atom. The molecule has 0 spiro atoms. The maximum absolute atomic E-state index is 13.4. The van der Waals surface area contributed by atoms with E-state index >= 15 is 0 Å². The number of benzene rings is 2. The number of aryl methyl sites for hydroxylation is 2. The second-order valence-electron chi connectivity index (χ2n) is 5.08. The highest BCUT2D eigenvalue weighted by Gasteiger charge is 2.04. The molecule has 0 atom stereocenters. The number of anilines is 2. The molecule has 0 heterocycles. The van der Waals surface area contributed by atoms with E-state index in [-0.39, 0.29) is 18.1 Å². The Bertz CT molecular complexity index is 620. The number of rotatable bonds is 5. The fraction of sp³-hybridized carbons (Fsp3) is 0.235. The SMILES string of the molecule is Cc1cc(C)cc(NC(=O)CCNc2ccccc2F)c1. The first kappa shape index (κ1) is 15.0. The summed E-state index contributed by atoms with van der Waals surface area (Å²) in [6, 6.07) is 12.3. The van der Waals surface area contributed by atoms with E-state index in [0.717, 1.165) is 16.8 Å². The van der Waals surface area contributed by atoms with Gasteiger partial charge in [-0.25, -0.2) is 4.39 Å². The molecule has 0 unspecified atom stereocenters. The van der Waals surface area contributed by atoms with Crippen LogP contribution in [0.25, 0.3) is 0 Å². The molecule has 2 aromatic carbocycles. The van der Waals surface area contributed by atoms with Crippen molar-refractivity contribution >= 4 is 17.3 Å². The molecule has 110 valence electrons. The molecule has 0 fully saturated rings. The Labute approximate surface area is 124 Å². The largest absolute Gasteiger partial charge is 0.382 e. The van der Waals surface area contributed by atoms with E-state index in [0.29, 0.717) is 12.2 Å². The maximum Gasteiger partial charge on any atom is 0.226 e. The smallest absolute Gasteiger partial charge is 0.226 e. The number of nitrogens with one attached hydrogen (secondary N) is 2. The lowest BCUT2D eigenvalue weighted by molar-refractivity contribution is -0.115. The van der Waals surface area contributed by atoms with Crippen LogP contribution >= 0.6 is 0 Å². The first-order chi connectivity index (χ1) is 10.0. The molecule has 2 aromatic rings. The van der Waals surface area contributed by atoms with Crippen LogP contribution in [0.5, 0.6) is 0 Å². The van der Waals surface area contributed by atoms with E-state index in [1.807, 2.05) is 26.0 Å². The van der Waals surface area contributed by atoms with E-state index in [4.69, 9.17) is 0 Å². The highest BCUT2D eigenvalue weighted by Crippen LogP contribution is 2.14. The lowest BCUT2D eigenvalue weighted by atomic mass is 10.1. The van der Waals surface area contributed by atoms with Gasteiger partial charge in [-0.15, -0.1) is 0 Å². The third-order valence-corrected chi connectivity index (χ3v) is 3.05. The van der Waals surface area contributed by atoms with Gasteiger partial charge in [-0.3, -0.25) is 4.79 Å². The zero-order chi connectivity index (χ0) is 15.2. The number of para-hydroxylation sites is 1. The van der Waals surface area contributed by atoms with Crippen LogP contribution < -0.4 is 10.6 Å². The monoisotopic (exact) mass is 286 g/mol. The highest BCUT2D eigenvalue weighted by atomic mass is 19.1. The summed E-state index contributed by atoms with van der Waals surface area (Å²) in [7, 11) is 0. The Hall–Kier alpha value is -2.36. The summed E-state index contributed by atoms with van der Waals surface area (Å²) in [6.45, 7) is 4.36. The number of halogens is 1. The molecule has 0 bridgehead atoms. The molecule has 0 aliphatic heterocycles. The number of carbonyl (C=O) groups is 1. The lowest BCUT2D eigenvalue weighted by Crippen LogP contribution is -2.16. The molecule has 2 rings (SSSR count). The van der Waals surface area contributed by atoms with Crippen LogP contribution in [0.3, 0.4) is 0 Å². The topological polar surface area (TPSA) is 41.1 Å². The molecule has 0 saturated heterocycles. The predicted octanol–water partition coefficient (Wildman–Crippen LogP) is 3.88. The standard InChI is InChI=1S/C17H19FN2O/c1-12-9-13(2)11-14(10-12)20-17(21)7-8-19-16-6-4-3-5-15(16)18/h3-6,9-11,19H,7-8H2,1-2H3,(H,20,21). The zero-order valence-electron chi connectivity index (χ0n) is 12.2. The van der Waals surface area contributed by atoms with Crippen molar-refractivity contribution in [1.82, 2.24) is 0 Å². The van der Waals surface area contributed by atoms with Crippen molar-refractivity contribution in [3.05, 3.63) is 59.4 Å². The number of carbonyl (C=O) groups excluding carboxylic acids is 1. The molecule has 0 aromatic heterocycles. The van der Waals surface area contributed by atoms with Crippen LogP contribution in [0.4, 0.5) is 15.8 Å². The highest BCUT2D eigenvalue weighted by molar-refractivity contribution is 5.91. The molecule has 1 amide bonds. The minimum atomic E-state index is -0.313. The minimum absolute atomic E-state index is 0.0937. The molecule has 2 N–H and O–H groups in total. The third kappa shape index (κ3) is 4.60. The van der Waals surface area contributed by atoms with Crippen molar-refractivity contribution in [2.45, 2.75) is 20.3 Å². The van der Waals surface area contributed by atoms with E-state index in [1.165, 1.54) is 6.07 Å². The van der Waals surface area contributed by atoms with Crippen LogP contribution in [0.2, 0.25) is 0 Å². The van der Waals surface area contributed by atoms with Crippen LogP contribution in [0, 0.1) is 19.7 Å². The van der Waals surface area contributed by atoms with Crippen LogP contribution in [-0.2, 0) is 4.79 Å². The Kier molecular flexibility index (Phi) is 4.93. The van der Waals surface area contributed by atoms with Crippen molar-refractivity contribution in [2.75, 3.05) is 17.2 Å². The lowest BCUT2D eigenvalue weighted by Gasteiger charge is -2.09. The molecular weight excluding hydrogens is 267 g/mol. The van der Waals surface area contributed by atoms with Gasteiger partial charge in [0, 0.05) is 18.7 Å². The molecule has 4 heteroatoms. The minimum Gasteiger partial charge on any atom is -0.382 e. The van der Waals surface area contributed by atoms with Gasteiger partial charge >= 0.3 is 0 Å². The van der Waals surface area contributed by atoms with Crippen molar-refractivity contribution in [3.63, 3.8) is 0 Å². The van der Waals surface area contributed by atoms with Gasteiger partial charge in [0.2, 0.25) is 5.91 Å². The molecule has 0 aliphatic rings. The van der Waals surface area contributed by atoms with Crippen molar-refractivity contribution in [3.8, 4) is 0 Å². The maximum atomic E-state index is 13.4. The van der Waals surface area contributed by atoms with Gasteiger partial charge in [-0.1, -0.05) is 18.2 Å². The van der Waals surface area contributed by atoms with Crippen molar-refractivity contribution in [2.24, 2.45) is 0 Å². The first-order valence-corrected chi connectivity index (χ1v) is 6.91. The van der Waals surface area contributed by atoms with Gasteiger partial charge in [-0.2, -0.15) is 0 Å². The molecule has 0 radical (unpaired) electrons. The van der Waals surface area contributed by atoms with Gasteiger partial charge in [0.25, 0.3) is 0 Å². The molecule has 3 nitrogen and oxygen atoms in total. The van der Waals surface area contributed by atoms with E-state index in [2.05, 4.69) is 16.7 Å². The van der Waals surface area contributed by atoms with E-state index < -0.39 is 0 Å². The second-order valence-corrected chi connectivity index (χ2v) is 5.08. The van der Waals surface area contributed by atoms with Crippen LogP contribution in [0.1, 0.15) is 17.5 Å². The average Bonchev–Trinajstić information content (AvgIpc) is 2.39. The summed E-state index contributed by atoms with van der Waals surface area (Å²) >= 11 is 0. The quantitative estimate of drug-likeness (QED) is 0.875. The number of amides is 1. The molecule has 21 heavy (non-hydrogen) atoms. The number of hydrogen-bond acceptors (Lipinski definition) is 2. The molecular formula is C17H19FN2O. The van der Waals surface area contributed by atoms with E-state index in [9.17, 15) is 9.18 Å². The fourth-order valence-corrected chi connectivity index (χ4v) is 2.19. The first-order valence-electron chi connectivity index (χ1n) is 6.91. The normalized spacial score (nSPS) is 10.2. The second kappa shape index (κ2) is 6.88. The summed E-state index contributed by atoms with van der Waals surface area (Å²) in [6.07, 6.45) is 0.279. The van der Waals surface area contributed by atoms with Crippen molar-refractivity contribution < 1.29 is 9.18 Å². The Morgan fingerprint density at radius 3 is 2.43 bits per heavy atom. The van der Waals surface area contributed by atoms with Crippen LogP contribution in [-0.4, -0.2) is 12.5 Å². The van der Waals surface area contributed by atoms with E-state index in [1.54, 1.807) is 18.2 Å². The Morgan fingerprint density at radius 1 is 1.10 bits per heavy atom. The predicted molar refractivity (Wildman–Crippen MR) is 84.1 cm³/mol. The molecule has 0 saturated carbocycles. The van der Waals surface area contributed by atoms with Gasteiger partial charge < -0.3 is 10.6 Å². The van der Waals surface area contributed by atoms with Gasteiger partial charge in [0.15, 0.2) is 0 Å². The molecule has 0 aliphatic carbocycles. The van der Waals surface area contributed by atoms with Gasteiger partial charge in [0.05, 0.1) is 5.69 Å². The number of hydrogen-bond donors (Lipinski definition) is 2. The fourth-order valence-electron chi connectivity index (χ4n) is 2.19. The van der Waals surface area contributed by atoms with Gasteiger partial charge in [0.1, 0.15) is 5.82 Å². The summed E-state index contributed by atoms with van der Waals surface area (Å²) in [5, 5.41) is 5.77. The third-order valence-electron chi connectivity index (χ3n) is 3.05. The van der Waals surface area contributed by atoms with Crippen LogP contribution in [0.15, 0.2) is 42.5 Å². The Balaban J connectivity index is 1.84. The summed E-state index contributed by atoms with van der Waals surface area (Å²) < 4.78 is 13.4. The summed E-state index contributed by atoms with van der Waals surface area (Å²) in [4.78, 5) is 11.9. The summed E-state index contributed by atoms with van der Waals surface area (Å²) in [5.41, 5.74) is 3.42. The zero-order valence-corrected chi connectivity index (χ0v) is 12.2.